The molecular formula is C21H16BrF4NO3. The molecule has 1 N–H and O–H groups in total. The molecule has 1 aromatic heterocycles. The van der Waals surface area contributed by atoms with Gasteiger partial charge >= 0.3 is 0 Å². The van der Waals surface area contributed by atoms with Crippen LogP contribution < -0.4 is 10.3 Å². The lowest BCUT2D eigenvalue weighted by molar-refractivity contribution is 0.296. The molecule has 0 fully saturated rings. The number of hydrogen-bond acceptors (Lipinski definition) is 3. The van der Waals surface area contributed by atoms with Gasteiger partial charge in [0.1, 0.15) is 34.2 Å². The summed E-state index contributed by atoms with van der Waals surface area (Å²) in [5.74, 6) is -3.42. The van der Waals surface area contributed by atoms with Crippen molar-refractivity contribution in [2.24, 2.45) is 0 Å². The summed E-state index contributed by atoms with van der Waals surface area (Å²) >= 11 is 3.06. The van der Waals surface area contributed by atoms with Gasteiger partial charge in [0.05, 0.1) is 0 Å². The Morgan fingerprint density at radius 2 is 1.70 bits per heavy atom. The molecular weight excluding hydrogens is 470 g/mol. The summed E-state index contributed by atoms with van der Waals surface area (Å²) in [7, 11) is 0. The molecule has 30 heavy (non-hydrogen) atoms. The van der Waals surface area contributed by atoms with E-state index in [0.29, 0.717) is 6.07 Å². The van der Waals surface area contributed by atoms with Crippen LogP contribution in [0.4, 0.5) is 17.6 Å². The van der Waals surface area contributed by atoms with Gasteiger partial charge in [0.15, 0.2) is 11.6 Å². The second-order valence-corrected chi connectivity index (χ2v) is 7.30. The van der Waals surface area contributed by atoms with E-state index in [4.69, 9.17) is 9.84 Å². The second kappa shape index (κ2) is 9.01. The number of aryl methyl sites for hydroxylation is 1. The van der Waals surface area contributed by atoms with Crippen molar-refractivity contribution in [3.05, 3.63) is 91.3 Å². The number of ether oxygens (including phenoxy) is 1. The normalized spacial score (nSPS) is 11.0. The number of aromatic nitrogens is 1. The minimum atomic E-state index is -0.961. The van der Waals surface area contributed by atoms with Gasteiger partial charge in [0, 0.05) is 30.0 Å². The Morgan fingerprint density at radius 1 is 1.03 bits per heavy atom. The lowest BCUT2D eigenvalue weighted by Gasteiger charge is -2.16. The second-order valence-electron chi connectivity index (χ2n) is 6.51. The molecule has 0 amide bonds. The SMILES string of the molecule is Cc1cc(OCc2ccc(F)cc2F)c(Br)c(=O)n1-c1c(F)cc(CCO)cc1F. The molecule has 1 heterocycles. The number of nitrogens with zero attached hydrogens (tertiary/aromatic N) is 1. The third-order valence-electron chi connectivity index (χ3n) is 4.40. The summed E-state index contributed by atoms with van der Waals surface area (Å²) in [6, 6.07) is 6.47. The summed E-state index contributed by atoms with van der Waals surface area (Å²) < 4.78 is 62.1. The molecule has 0 unspecified atom stereocenters. The number of pyridine rings is 1. The van der Waals surface area contributed by atoms with Crippen LogP contribution in [-0.2, 0) is 13.0 Å². The summed E-state index contributed by atoms with van der Waals surface area (Å²) in [6.07, 6.45) is 0.0679. The van der Waals surface area contributed by atoms with Crippen LogP contribution in [0.5, 0.6) is 5.75 Å². The zero-order valence-corrected chi connectivity index (χ0v) is 17.3. The molecule has 0 aliphatic rings. The highest BCUT2D eigenvalue weighted by molar-refractivity contribution is 9.10. The molecule has 0 atom stereocenters. The number of hydrogen-bond donors (Lipinski definition) is 1. The molecule has 0 radical (unpaired) electrons. The van der Waals surface area contributed by atoms with E-state index in [1.54, 1.807) is 0 Å². The zero-order valence-electron chi connectivity index (χ0n) is 15.7. The fourth-order valence-corrected chi connectivity index (χ4v) is 3.37. The third-order valence-corrected chi connectivity index (χ3v) is 5.13. The molecule has 0 saturated heterocycles. The zero-order chi connectivity index (χ0) is 22.0. The van der Waals surface area contributed by atoms with Crippen molar-refractivity contribution in [1.29, 1.82) is 0 Å². The molecule has 158 valence electrons. The fourth-order valence-electron chi connectivity index (χ4n) is 2.96. The average Bonchev–Trinajstić information content (AvgIpc) is 2.67. The smallest absolute Gasteiger partial charge is 0.273 e. The minimum absolute atomic E-state index is 0.0372. The standard InChI is InChI=1S/C21H16BrF4NO3/c1-11-6-18(30-10-13-2-3-14(23)9-15(13)24)19(22)21(29)27(11)20-16(25)7-12(4-5-28)8-17(20)26/h2-3,6-9,28H,4-5,10H2,1H3. The number of halogens is 5. The topological polar surface area (TPSA) is 51.5 Å². The Labute approximate surface area is 177 Å². The van der Waals surface area contributed by atoms with E-state index < -0.39 is 34.5 Å². The minimum Gasteiger partial charge on any atom is -0.487 e. The lowest BCUT2D eigenvalue weighted by Crippen LogP contribution is -2.24. The van der Waals surface area contributed by atoms with Gasteiger partial charge in [0.2, 0.25) is 0 Å². The maximum Gasteiger partial charge on any atom is 0.273 e. The van der Waals surface area contributed by atoms with E-state index in [1.807, 2.05) is 0 Å². The van der Waals surface area contributed by atoms with Crippen LogP contribution in [0.3, 0.4) is 0 Å². The Kier molecular flexibility index (Phi) is 6.62. The monoisotopic (exact) mass is 485 g/mol. The Bertz CT molecular complexity index is 1140. The maximum absolute atomic E-state index is 14.6. The molecule has 0 aliphatic carbocycles. The molecule has 4 nitrogen and oxygen atoms in total. The van der Waals surface area contributed by atoms with E-state index in [0.717, 1.165) is 22.8 Å². The van der Waals surface area contributed by atoms with Crippen molar-refractivity contribution in [2.45, 2.75) is 20.0 Å². The van der Waals surface area contributed by atoms with Crippen molar-refractivity contribution in [3.63, 3.8) is 0 Å². The molecule has 3 aromatic rings. The predicted molar refractivity (Wildman–Crippen MR) is 106 cm³/mol. The van der Waals surface area contributed by atoms with Gasteiger partial charge in [-0.05, 0) is 59.1 Å². The highest BCUT2D eigenvalue weighted by atomic mass is 79.9. The molecule has 0 spiro atoms. The number of aliphatic hydroxyl groups is 1. The van der Waals surface area contributed by atoms with Gasteiger partial charge in [-0.1, -0.05) is 0 Å². The van der Waals surface area contributed by atoms with E-state index in [2.05, 4.69) is 15.9 Å². The van der Waals surface area contributed by atoms with Crippen molar-refractivity contribution < 1.29 is 27.4 Å². The number of rotatable bonds is 6. The highest BCUT2D eigenvalue weighted by Gasteiger charge is 2.20. The quantitative estimate of drug-likeness (QED) is 0.520. The van der Waals surface area contributed by atoms with Crippen molar-refractivity contribution in [3.8, 4) is 11.4 Å². The molecule has 9 heteroatoms. The summed E-state index contributed by atoms with van der Waals surface area (Å²) in [5.41, 5.74) is -0.845. The van der Waals surface area contributed by atoms with Crippen LogP contribution in [0.15, 0.2) is 45.7 Å². The average molecular weight is 486 g/mol. The van der Waals surface area contributed by atoms with Crippen LogP contribution in [0, 0.1) is 30.2 Å². The molecule has 3 rings (SSSR count). The fraction of sp³-hybridized carbons (Fsp3) is 0.190. The summed E-state index contributed by atoms with van der Waals surface area (Å²) in [5, 5.41) is 8.94. The largest absolute Gasteiger partial charge is 0.487 e. The van der Waals surface area contributed by atoms with E-state index in [9.17, 15) is 22.4 Å². The number of benzene rings is 2. The van der Waals surface area contributed by atoms with Gasteiger partial charge in [-0.2, -0.15) is 0 Å². The van der Waals surface area contributed by atoms with Crippen molar-refractivity contribution >= 4 is 15.9 Å². The van der Waals surface area contributed by atoms with Gasteiger partial charge in [-0.15, -0.1) is 0 Å². The highest BCUT2D eigenvalue weighted by Crippen LogP contribution is 2.27. The molecule has 2 aromatic carbocycles. The first-order valence-electron chi connectivity index (χ1n) is 8.81. The van der Waals surface area contributed by atoms with E-state index in [1.165, 1.54) is 19.1 Å². The van der Waals surface area contributed by atoms with E-state index in [-0.39, 0.29) is 46.7 Å². The first-order chi connectivity index (χ1) is 14.2. The van der Waals surface area contributed by atoms with Gasteiger partial charge in [-0.25, -0.2) is 17.6 Å². The van der Waals surface area contributed by atoms with Crippen LogP contribution in [0.1, 0.15) is 16.8 Å². The maximum atomic E-state index is 14.6. The van der Waals surface area contributed by atoms with Gasteiger partial charge in [-0.3, -0.25) is 9.36 Å². The van der Waals surface area contributed by atoms with Gasteiger partial charge in [0.25, 0.3) is 5.56 Å². The van der Waals surface area contributed by atoms with Crippen LogP contribution in [0.2, 0.25) is 0 Å². The first-order valence-corrected chi connectivity index (χ1v) is 9.60. The van der Waals surface area contributed by atoms with Crippen LogP contribution in [0.25, 0.3) is 5.69 Å². The third kappa shape index (κ3) is 4.41. The molecule has 0 aliphatic heterocycles. The van der Waals surface area contributed by atoms with Gasteiger partial charge < -0.3 is 9.84 Å². The van der Waals surface area contributed by atoms with Crippen molar-refractivity contribution in [1.82, 2.24) is 4.57 Å². The number of aliphatic hydroxyl groups excluding tert-OH is 1. The Hall–Kier alpha value is -2.65. The Balaban J connectivity index is 1.99. The van der Waals surface area contributed by atoms with Crippen LogP contribution >= 0.6 is 15.9 Å². The van der Waals surface area contributed by atoms with Crippen molar-refractivity contribution in [2.75, 3.05) is 6.61 Å². The first kappa shape index (κ1) is 22.0. The predicted octanol–water partition coefficient (Wildman–Crippen LogP) is 4.58. The summed E-state index contributed by atoms with van der Waals surface area (Å²) in [6.45, 7) is 0.898. The van der Waals surface area contributed by atoms with E-state index >= 15 is 0 Å². The lowest BCUT2D eigenvalue weighted by atomic mass is 10.1. The molecule has 0 saturated carbocycles. The Morgan fingerprint density at radius 3 is 2.30 bits per heavy atom. The summed E-state index contributed by atoms with van der Waals surface area (Å²) in [4.78, 5) is 12.8. The van der Waals surface area contributed by atoms with Crippen LogP contribution in [-0.4, -0.2) is 16.3 Å². The molecule has 0 bridgehead atoms.